The van der Waals surface area contributed by atoms with Crippen molar-refractivity contribution in [1.29, 1.82) is 0 Å². The van der Waals surface area contributed by atoms with Gasteiger partial charge in [-0.2, -0.15) is 0 Å². The summed E-state index contributed by atoms with van der Waals surface area (Å²) in [6.45, 7) is -5.29. The number of rotatable bonds is 30. The van der Waals surface area contributed by atoms with Gasteiger partial charge >= 0.3 is 11.9 Å². The zero-order valence-corrected chi connectivity index (χ0v) is 49.0. The lowest BCUT2D eigenvalue weighted by atomic mass is 9.87. The van der Waals surface area contributed by atoms with E-state index >= 15 is 0 Å². The Balaban J connectivity index is 1.72. The van der Waals surface area contributed by atoms with Crippen molar-refractivity contribution in [2.24, 2.45) is 0 Å². The van der Waals surface area contributed by atoms with Crippen molar-refractivity contribution in [3.05, 3.63) is 0 Å². The van der Waals surface area contributed by atoms with Crippen molar-refractivity contribution in [3.8, 4) is 0 Å². The second-order valence-corrected chi connectivity index (χ2v) is 22.4. The maximum Gasteiger partial charge on any atom is 0.364 e. The molecule has 526 valence electrons. The molecule has 41 heteroatoms. The number of hydrogen-bond acceptors (Lipinski definition) is 35. The fourth-order valence-corrected chi connectivity index (χ4v) is 11.0. The highest BCUT2D eigenvalue weighted by molar-refractivity contribution is 5.78. The molecule has 0 saturated carbocycles. The second kappa shape index (κ2) is 33.4. The minimum absolute atomic E-state index is 0.806. The molecule has 0 aromatic heterocycles. The molecular formula is C50H84N4O37. The molecule has 0 aromatic rings. The van der Waals surface area contributed by atoms with Crippen molar-refractivity contribution in [2.75, 3.05) is 46.2 Å². The Morgan fingerprint density at radius 2 is 0.890 bits per heavy atom. The largest absolute Gasteiger partial charge is 0.477 e. The first kappa shape index (κ1) is 77.4. The Kier molecular flexibility index (Phi) is 28.4. The summed E-state index contributed by atoms with van der Waals surface area (Å²) < 4.78 is 59.2. The van der Waals surface area contributed by atoms with E-state index < -0.39 is 284 Å². The summed E-state index contributed by atoms with van der Waals surface area (Å²) in [7, 11) is 0. The SMILES string of the molecule is CC(=O)N[C@H]1[C@H](O[C@H]2[C@H](O[C@]3(C(=O)O)C[C@H](O)[C@@H](NC(C)=O)[C@H]([C@H](O)[C@H](O)CO)O3)[C@@H](NC(C)=O)[C@H](O[C@H]3[C@@H](O)[C@@H](CO[C@]4(C(=O)O)C[C@H](O)[C@@H](NC(C)=O)[C@H]([C@H](O)[C@H](O)CO)O4)O[C@@H](O[C@@H]([C@H](O)[C@@H](O)CO)[C@H](O)CO)[C@@H]3O)O[C@@H]2CO)O[C@H](CO)[C@H](O)[C@@H]1O. The molecule has 4 amide bonds. The average molecular weight is 1330 g/mol. The van der Waals surface area contributed by atoms with Crippen LogP contribution in [0.5, 0.6) is 0 Å². The standard InChI is InChI=1S/C50H84N4O37/c1-14(61)51-27-18(65)5-49(47(78)79,89-40(27)32(72)21(68)8-56)82-13-26-35(75)43(37(77)46(85-26)86-38(23(70)10-58)31(71)20(67)7-55)88-45-30(54-17(4)64)42(39(25(12-60)84-45)87-44-29(53-16(3)63)36(76)34(74)24(11-59)83-44)91-50(48(80)81)6-19(66)28(52-15(2)62)41(90-50)33(73)22(69)9-57/h18-46,55-60,65-77H,5-13H2,1-4H3,(H,51,61)(H,52,62)(H,53,63)(H,54,64)(H,78,79)(H,80,81)/t18-,19-,20-,21+,22+,23+,24+,25+,26+,27+,28+,29+,30+,31+,32+,33+,34-,35-,36+,37+,38+,39+,40+,41+,42+,43-,44-,45-,46-,49+,50-/m0/s1. The number of aliphatic carboxylic acids is 2. The number of amides is 4. The van der Waals surface area contributed by atoms with Crippen LogP contribution in [0.25, 0.3) is 0 Å². The van der Waals surface area contributed by atoms with Gasteiger partial charge in [0, 0.05) is 40.5 Å². The predicted molar refractivity (Wildman–Crippen MR) is 282 cm³/mol. The van der Waals surface area contributed by atoms with Crippen LogP contribution in [0, 0.1) is 0 Å². The van der Waals surface area contributed by atoms with Crippen LogP contribution < -0.4 is 21.3 Å². The summed E-state index contributed by atoms with van der Waals surface area (Å²) >= 11 is 0. The maximum atomic E-state index is 13.8. The van der Waals surface area contributed by atoms with Gasteiger partial charge in [-0.15, -0.1) is 0 Å². The maximum absolute atomic E-state index is 13.8. The molecule has 0 radical (unpaired) electrons. The average Bonchev–Trinajstić information content (AvgIpc) is 0.766. The van der Waals surface area contributed by atoms with Crippen LogP contribution >= 0.6 is 0 Å². The van der Waals surface area contributed by atoms with Crippen LogP contribution in [-0.2, 0) is 76.1 Å². The van der Waals surface area contributed by atoms with Gasteiger partial charge in [0.1, 0.15) is 134 Å². The number of ether oxygens (including phenoxy) is 10. The van der Waals surface area contributed by atoms with E-state index in [-0.39, 0.29) is 0 Å². The van der Waals surface area contributed by atoms with E-state index in [1.807, 2.05) is 0 Å². The third-order valence-electron chi connectivity index (χ3n) is 15.6. The number of carboxylic acids is 2. The molecule has 0 unspecified atom stereocenters. The smallest absolute Gasteiger partial charge is 0.364 e. The van der Waals surface area contributed by atoms with E-state index in [0.29, 0.717) is 0 Å². The van der Waals surface area contributed by atoms with E-state index in [4.69, 9.17) is 47.4 Å². The summed E-state index contributed by atoms with van der Waals surface area (Å²) in [5.74, 6) is -15.0. The Morgan fingerprint density at radius 3 is 1.35 bits per heavy atom. The molecule has 25 N–H and O–H groups in total. The van der Waals surface area contributed by atoms with Crippen LogP contribution in [-0.4, -0.2) is 378 Å². The molecule has 5 aliphatic rings. The number of hydrogen-bond donors (Lipinski definition) is 25. The number of nitrogens with one attached hydrogen (secondary N) is 4. The van der Waals surface area contributed by atoms with Gasteiger partial charge in [0.2, 0.25) is 23.6 Å². The molecule has 41 nitrogen and oxygen atoms in total. The summed E-state index contributed by atoms with van der Waals surface area (Å²) in [5, 5.41) is 237. The Morgan fingerprint density at radius 1 is 0.473 bits per heavy atom. The zero-order valence-electron chi connectivity index (χ0n) is 49.0. The van der Waals surface area contributed by atoms with Crippen LogP contribution in [0.3, 0.4) is 0 Å². The Hall–Kier alpha value is -4.34. The minimum Gasteiger partial charge on any atom is -0.477 e. The van der Waals surface area contributed by atoms with Crippen LogP contribution in [0.15, 0.2) is 0 Å². The molecule has 5 rings (SSSR count). The van der Waals surface area contributed by atoms with Gasteiger partial charge in [-0.05, 0) is 0 Å². The lowest BCUT2D eigenvalue weighted by Crippen LogP contribution is -2.73. The molecule has 91 heavy (non-hydrogen) atoms. The monoisotopic (exact) mass is 1330 g/mol. The van der Waals surface area contributed by atoms with Gasteiger partial charge < -0.3 is 176 Å². The van der Waals surface area contributed by atoms with Gasteiger partial charge in [-0.25, -0.2) is 9.59 Å². The van der Waals surface area contributed by atoms with Gasteiger partial charge in [0.15, 0.2) is 18.9 Å². The van der Waals surface area contributed by atoms with E-state index in [1.165, 1.54) is 0 Å². The lowest BCUT2D eigenvalue weighted by Gasteiger charge is -2.53. The molecular weight excluding hydrogens is 1250 g/mol. The highest BCUT2D eigenvalue weighted by Crippen LogP contribution is 2.42. The van der Waals surface area contributed by atoms with Crippen LogP contribution in [0.1, 0.15) is 40.5 Å². The quantitative estimate of drug-likeness (QED) is 0.0318. The molecule has 5 heterocycles. The third kappa shape index (κ3) is 18.0. The number of aliphatic hydroxyl groups is 19. The summed E-state index contributed by atoms with van der Waals surface area (Å²) in [5.41, 5.74) is 0. The van der Waals surface area contributed by atoms with Gasteiger partial charge in [-0.3, -0.25) is 19.2 Å². The lowest BCUT2D eigenvalue weighted by molar-refractivity contribution is -0.391. The highest BCUT2D eigenvalue weighted by Gasteiger charge is 2.63. The van der Waals surface area contributed by atoms with Crippen molar-refractivity contribution in [3.63, 3.8) is 0 Å². The molecule has 0 spiro atoms. The molecule has 5 fully saturated rings. The molecule has 31 atom stereocenters. The summed E-state index contributed by atoms with van der Waals surface area (Å²) in [6, 6.07) is -7.81. The first-order valence-electron chi connectivity index (χ1n) is 28.3. The second-order valence-electron chi connectivity index (χ2n) is 22.4. The molecule has 5 aliphatic heterocycles. The van der Waals surface area contributed by atoms with E-state index in [0.717, 1.165) is 27.7 Å². The normalized spacial score (nSPS) is 39.8. The number of carboxylic acid groups (broad SMARTS) is 2. The third-order valence-corrected chi connectivity index (χ3v) is 15.6. The fourth-order valence-electron chi connectivity index (χ4n) is 11.0. The topological polar surface area (TPSA) is 668 Å². The first-order valence-corrected chi connectivity index (χ1v) is 28.3. The molecule has 0 aliphatic carbocycles. The fraction of sp³-hybridized carbons (Fsp3) is 0.880. The van der Waals surface area contributed by atoms with Crippen molar-refractivity contribution >= 4 is 35.6 Å². The Labute approximate surface area is 515 Å². The number of carbonyl (C=O) groups excluding carboxylic acids is 4. The molecule has 0 bridgehead atoms. The van der Waals surface area contributed by atoms with Crippen molar-refractivity contribution < 1.29 is 183 Å². The van der Waals surface area contributed by atoms with E-state index in [1.54, 1.807) is 0 Å². The van der Waals surface area contributed by atoms with E-state index in [2.05, 4.69) is 21.3 Å². The summed E-state index contributed by atoms with van der Waals surface area (Å²) in [6.07, 6.45) is -59.7. The predicted octanol–water partition coefficient (Wildman–Crippen LogP) is -15.5. The Bertz CT molecular complexity index is 2390. The summed E-state index contributed by atoms with van der Waals surface area (Å²) in [4.78, 5) is 77.8. The molecule has 0 aromatic carbocycles. The number of aliphatic hydroxyl groups excluding tert-OH is 19. The van der Waals surface area contributed by atoms with Crippen molar-refractivity contribution in [2.45, 2.75) is 229 Å². The zero-order chi connectivity index (χ0) is 68.5. The van der Waals surface area contributed by atoms with Crippen LogP contribution in [0.2, 0.25) is 0 Å². The minimum atomic E-state index is -3.49. The highest BCUT2D eigenvalue weighted by atomic mass is 16.8. The van der Waals surface area contributed by atoms with Crippen molar-refractivity contribution in [1.82, 2.24) is 21.3 Å². The van der Waals surface area contributed by atoms with Gasteiger partial charge in [0.05, 0.1) is 70.5 Å². The molecule has 5 saturated heterocycles. The van der Waals surface area contributed by atoms with E-state index in [9.17, 15) is 136 Å². The number of carbonyl (C=O) groups is 6. The first-order chi connectivity index (χ1) is 42.6. The van der Waals surface area contributed by atoms with Crippen LogP contribution in [0.4, 0.5) is 0 Å². The van der Waals surface area contributed by atoms with Gasteiger partial charge in [0.25, 0.3) is 11.6 Å². The van der Waals surface area contributed by atoms with Gasteiger partial charge in [-0.1, -0.05) is 0 Å².